The Balaban J connectivity index is 1.80. The molecule has 2 fully saturated rings. The quantitative estimate of drug-likeness (QED) is 0.494. The van der Waals surface area contributed by atoms with E-state index in [2.05, 4.69) is 37.3 Å². The highest BCUT2D eigenvalue weighted by molar-refractivity contribution is 6.10. The fraction of sp³-hybridized carbons (Fsp3) is 0.407. The van der Waals surface area contributed by atoms with Gasteiger partial charge in [-0.25, -0.2) is 0 Å². The first-order valence-corrected chi connectivity index (χ1v) is 11.4. The van der Waals surface area contributed by atoms with Crippen LogP contribution in [0.3, 0.4) is 0 Å². The first-order chi connectivity index (χ1) is 15.4. The van der Waals surface area contributed by atoms with Crippen LogP contribution in [-0.2, 0) is 19.7 Å². The number of amides is 2. The van der Waals surface area contributed by atoms with Gasteiger partial charge in [-0.15, -0.1) is 6.58 Å². The second-order valence-corrected chi connectivity index (χ2v) is 10.1. The third kappa shape index (κ3) is 3.62. The molecule has 4 rings (SSSR count). The van der Waals surface area contributed by atoms with E-state index in [1.165, 1.54) is 0 Å². The van der Waals surface area contributed by atoms with Gasteiger partial charge < -0.3 is 19.9 Å². The molecule has 6 heteroatoms. The molecule has 1 unspecified atom stereocenters. The van der Waals surface area contributed by atoms with Gasteiger partial charge in [0.15, 0.2) is 0 Å². The lowest BCUT2D eigenvalue weighted by Crippen LogP contribution is -2.66. The predicted octanol–water partition coefficient (Wildman–Crippen LogP) is 4.79. The number of hydrogen-bond donors (Lipinski definition) is 2. The average molecular weight is 448 g/mol. The van der Waals surface area contributed by atoms with Gasteiger partial charge in [0.2, 0.25) is 5.72 Å². The molecule has 0 spiro atoms. The summed E-state index contributed by atoms with van der Waals surface area (Å²) in [6.45, 7) is 18.2. The number of rotatable bonds is 6. The van der Waals surface area contributed by atoms with Gasteiger partial charge in [0.1, 0.15) is 5.70 Å². The molecule has 1 atom stereocenters. The van der Waals surface area contributed by atoms with Crippen LogP contribution in [0.1, 0.15) is 58.7 Å². The van der Waals surface area contributed by atoms with Crippen molar-refractivity contribution in [2.24, 2.45) is 0 Å². The molecule has 2 saturated heterocycles. The van der Waals surface area contributed by atoms with E-state index in [0.717, 1.165) is 27.7 Å². The zero-order valence-corrected chi connectivity index (χ0v) is 20.2. The number of carbonyl (C=O) groups excluding carboxylic acids is 2. The van der Waals surface area contributed by atoms with E-state index in [1.807, 2.05) is 51.1 Å². The number of fused-ring (bicyclic) bond motifs is 2. The highest BCUT2D eigenvalue weighted by Gasteiger charge is 2.57. The van der Waals surface area contributed by atoms with Crippen molar-refractivity contribution in [3.05, 3.63) is 66.0 Å². The molecule has 2 aromatic rings. The van der Waals surface area contributed by atoms with Crippen molar-refractivity contribution < 1.29 is 14.3 Å². The molecule has 0 bridgehead atoms. The van der Waals surface area contributed by atoms with Crippen LogP contribution in [0.5, 0.6) is 0 Å². The second kappa shape index (κ2) is 7.73. The van der Waals surface area contributed by atoms with Gasteiger partial charge >= 0.3 is 0 Å². The van der Waals surface area contributed by atoms with E-state index in [9.17, 15) is 9.59 Å². The van der Waals surface area contributed by atoms with Gasteiger partial charge in [0.25, 0.3) is 11.8 Å². The molecule has 2 N–H and O–H groups in total. The molecule has 3 heterocycles. The first-order valence-electron chi connectivity index (χ1n) is 11.4. The molecule has 6 nitrogen and oxygen atoms in total. The molecule has 2 aliphatic rings. The normalized spacial score (nSPS) is 22.6. The van der Waals surface area contributed by atoms with Crippen LogP contribution in [0.2, 0.25) is 0 Å². The third-order valence-electron chi connectivity index (χ3n) is 7.05. The number of allylic oxidation sites excluding steroid dienone is 1. The number of H-pyrrole nitrogens is 1. The number of para-hydroxylation sites is 1. The van der Waals surface area contributed by atoms with Crippen molar-refractivity contribution in [1.29, 1.82) is 0 Å². The number of nitrogens with zero attached hydrogens (tertiary/aromatic N) is 1. The Hall–Kier alpha value is -3.12. The number of benzene rings is 1. The van der Waals surface area contributed by atoms with Gasteiger partial charge in [-0.05, 0) is 44.9 Å². The minimum atomic E-state index is -1.32. The van der Waals surface area contributed by atoms with E-state index in [4.69, 9.17) is 4.74 Å². The van der Waals surface area contributed by atoms with Crippen molar-refractivity contribution in [3.63, 3.8) is 0 Å². The Morgan fingerprint density at radius 3 is 2.58 bits per heavy atom. The lowest BCUT2D eigenvalue weighted by Gasteiger charge is -2.45. The smallest absolute Gasteiger partial charge is 0.278 e. The van der Waals surface area contributed by atoms with Gasteiger partial charge in [0, 0.05) is 40.5 Å². The number of aromatic nitrogens is 1. The molecular formula is C27H33N3O3. The third-order valence-corrected chi connectivity index (χ3v) is 7.05. The van der Waals surface area contributed by atoms with Crippen LogP contribution in [0, 0.1) is 0 Å². The average Bonchev–Trinajstić information content (AvgIpc) is 3.35. The Bertz CT molecular complexity index is 1200. The van der Waals surface area contributed by atoms with E-state index in [1.54, 1.807) is 11.0 Å². The lowest BCUT2D eigenvalue weighted by atomic mass is 9.86. The molecular weight excluding hydrogens is 414 g/mol. The largest absolute Gasteiger partial charge is 0.357 e. The van der Waals surface area contributed by atoms with Crippen molar-refractivity contribution in [2.75, 3.05) is 6.54 Å². The maximum absolute atomic E-state index is 13.6. The molecule has 2 amide bonds. The summed E-state index contributed by atoms with van der Waals surface area (Å²) < 4.78 is 6.33. The summed E-state index contributed by atoms with van der Waals surface area (Å²) in [4.78, 5) is 32.1. The van der Waals surface area contributed by atoms with Gasteiger partial charge in [-0.3, -0.25) is 9.59 Å². The van der Waals surface area contributed by atoms with Crippen LogP contribution in [-0.4, -0.2) is 39.6 Å². The van der Waals surface area contributed by atoms with E-state index >= 15 is 0 Å². The maximum atomic E-state index is 13.6. The Morgan fingerprint density at radius 1 is 1.21 bits per heavy atom. The van der Waals surface area contributed by atoms with Crippen molar-refractivity contribution >= 4 is 28.8 Å². The lowest BCUT2D eigenvalue weighted by molar-refractivity contribution is -0.204. The molecule has 1 aromatic carbocycles. The molecule has 174 valence electrons. The summed E-state index contributed by atoms with van der Waals surface area (Å²) in [5.41, 5.74) is 1.38. The minimum Gasteiger partial charge on any atom is -0.357 e. The summed E-state index contributed by atoms with van der Waals surface area (Å²) in [5, 5.41) is 3.86. The number of carbonyl (C=O) groups is 2. The molecule has 33 heavy (non-hydrogen) atoms. The predicted molar refractivity (Wildman–Crippen MR) is 131 cm³/mol. The number of piperazine rings is 1. The van der Waals surface area contributed by atoms with Crippen molar-refractivity contribution in [1.82, 2.24) is 15.2 Å². The van der Waals surface area contributed by atoms with Gasteiger partial charge in [-0.2, -0.15) is 0 Å². The minimum absolute atomic E-state index is 0.239. The monoisotopic (exact) mass is 447 g/mol. The van der Waals surface area contributed by atoms with Crippen LogP contribution >= 0.6 is 0 Å². The summed E-state index contributed by atoms with van der Waals surface area (Å²) in [6.07, 6.45) is 4.81. The summed E-state index contributed by atoms with van der Waals surface area (Å²) in [6, 6.07) is 7.94. The molecule has 0 aliphatic carbocycles. The fourth-order valence-corrected chi connectivity index (χ4v) is 4.54. The van der Waals surface area contributed by atoms with Crippen LogP contribution < -0.4 is 5.32 Å². The van der Waals surface area contributed by atoms with E-state index in [-0.39, 0.29) is 22.9 Å². The number of hydrogen-bond acceptors (Lipinski definition) is 3. The van der Waals surface area contributed by atoms with E-state index < -0.39 is 11.3 Å². The number of nitrogens with one attached hydrogen (secondary N) is 2. The molecule has 2 aliphatic heterocycles. The Kier molecular flexibility index (Phi) is 5.40. The van der Waals surface area contributed by atoms with Gasteiger partial charge in [-0.1, -0.05) is 44.7 Å². The summed E-state index contributed by atoms with van der Waals surface area (Å²) in [5.74, 6) is -0.554. The van der Waals surface area contributed by atoms with Crippen molar-refractivity contribution in [2.45, 2.75) is 64.2 Å². The topological polar surface area (TPSA) is 74.4 Å². The highest BCUT2D eigenvalue weighted by Crippen LogP contribution is 2.41. The Morgan fingerprint density at radius 2 is 1.91 bits per heavy atom. The zero-order chi connectivity index (χ0) is 24.2. The summed E-state index contributed by atoms with van der Waals surface area (Å²) >= 11 is 0. The maximum Gasteiger partial charge on any atom is 0.278 e. The number of aromatic amines is 1. The van der Waals surface area contributed by atoms with Crippen LogP contribution in [0.15, 0.2) is 54.8 Å². The van der Waals surface area contributed by atoms with E-state index in [0.29, 0.717) is 19.4 Å². The SMILES string of the molecule is C=CC(C)(C)c1[nH]c2ccccc2c1/C=C1\NC(=O)C2(OC(C)(C)C(=C)C)CCCN2C1=O. The first kappa shape index (κ1) is 23.1. The molecule has 0 radical (unpaired) electrons. The van der Waals surface area contributed by atoms with Gasteiger partial charge in [0.05, 0.1) is 5.60 Å². The highest BCUT2D eigenvalue weighted by atomic mass is 16.5. The standard InChI is InChI=1S/C27H33N3O3/c1-8-25(4,5)22-19(18-12-9-10-13-20(18)28-22)16-21-23(31)30-15-11-14-27(30,24(32)29-21)33-26(6,7)17(2)3/h8-10,12-13,16,28H,1-2,11,14-15H2,3-7H3,(H,29,32)/b21-16-. The fourth-order valence-electron chi connectivity index (χ4n) is 4.54. The Labute approximate surface area is 195 Å². The van der Waals surface area contributed by atoms with Crippen molar-refractivity contribution in [3.8, 4) is 0 Å². The molecule has 0 saturated carbocycles. The second-order valence-electron chi connectivity index (χ2n) is 10.1. The summed E-state index contributed by atoms with van der Waals surface area (Å²) in [7, 11) is 0. The number of ether oxygens (including phenoxy) is 1. The van der Waals surface area contributed by atoms with Crippen LogP contribution in [0.25, 0.3) is 17.0 Å². The molecule has 1 aromatic heterocycles. The zero-order valence-electron chi connectivity index (χ0n) is 20.2. The van der Waals surface area contributed by atoms with Crippen LogP contribution in [0.4, 0.5) is 0 Å².